The molecular weight excluding hydrogens is 162 g/mol. The minimum absolute atomic E-state index is 0.349. The molecule has 0 aromatic heterocycles. The number of nitrogens with one attached hydrogen (secondary N) is 1. The van der Waals surface area contributed by atoms with Crippen LogP contribution in [0, 0.1) is 0 Å². The first-order valence-electron chi connectivity index (χ1n) is 4.75. The average molecular weight is 180 g/mol. The molecule has 1 aromatic rings. The van der Waals surface area contributed by atoms with Crippen LogP contribution in [0.25, 0.3) is 0 Å². The fourth-order valence-electron chi connectivity index (χ4n) is 1.31. The summed E-state index contributed by atoms with van der Waals surface area (Å²) in [5.41, 5.74) is 1.30. The first-order chi connectivity index (χ1) is 6.18. The molecule has 0 heterocycles. The Hall–Kier alpha value is -1.02. The molecule has 0 fully saturated rings. The van der Waals surface area contributed by atoms with Crippen molar-refractivity contribution in [1.29, 1.82) is 0 Å². The molecule has 2 heteroatoms. The van der Waals surface area contributed by atoms with Crippen molar-refractivity contribution < 1.29 is 10.0 Å². The molecule has 2 nitrogen and oxygen atoms in total. The van der Waals surface area contributed by atoms with E-state index in [4.69, 9.17) is 5.11 Å². The molecule has 0 aliphatic rings. The fraction of sp³-hybridized carbons (Fsp3) is 0.455. The summed E-state index contributed by atoms with van der Waals surface area (Å²) in [4.78, 5) is 1.48. The van der Waals surface area contributed by atoms with Gasteiger partial charge in [-0.05, 0) is 24.1 Å². The Labute approximate surface area is 79.8 Å². The first kappa shape index (κ1) is 10.1. The van der Waals surface area contributed by atoms with Crippen LogP contribution in [0.1, 0.15) is 12.0 Å². The van der Waals surface area contributed by atoms with Gasteiger partial charge in [0.2, 0.25) is 0 Å². The van der Waals surface area contributed by atoms with Crippen molar-refractivity contribution in [1.82, 2.24) is 0 Å². The highest BCUT2D eigenvalue weighted by molar-refractivity contribution is 5.25. The van der Waals surface area contributed by atoms with Crippen molar-refractivity contribution in [3.8, 4) is 5.75 Å². The molecule has 1 rings (SSSR count). The maximum Gasteiger partial charge on any atom is 0.115 e. The summed E-state index contributed by atoms with van der Waals surface area (Å²) in [6.45, 7) is 1.20. The monoisotopic (exact) mass is 180 g/mol. The van der Waals surface area contributed by atoms with Crippen molar-refractivity contribution in [3.63, 3.8) is 0 Å². The van der Waals surface area contributed by atoms with E-state index in [1.807, 2.05) is 12.1 Å². The highest BCUT2D eigenvalue weighted by atomic mass is 16.3. The SMILES string of the molecule is C[NH+](C)CCCc1ccc(O)cc1. The molecule has 0 amide bonds. The molecule has 0 atom stereocenters. The zero-order chi connectivity index (χ0) is 9.68. The number of aromatic hydroxyl groups is 1. The summed E-state index contributed by atoms with van der Waals surface area (Å²) in [6.07, 6.45) is 2.30. The lowest BCUT2D eigenvalue weighted by molar-refractivity contribution is -0.858. The minimum Gasteiger partial charge on any atom is -0.508 e. The lowest BCUT2D eigenvalue weighted by Gasteiger charge is -2.06. The van der Waals surface area contributed by atoms with E-state index in [1.54, 1.807) is 12.1 Å². The van der Waals surface area contributed by atoms with Crippen LogP contribution in [0.5, 0.6) is 5.75 Å². The van der Waals surface area contributed by atoms with E-state index >= 15 is 0 Å². The van der Waals surface area contributed by atoms with E-state index in [0.29, 0.717) is 5.75 Å². The van der Waals surface area contributed by atoms with Crippen LogP contribution in [-0.2, 0) is 6.42 Å². The number of phenolic OH excluding ortho intramolecular Hbond substituents is 1. The van der Waals surface area contributed by atoms with Crippen LogP contribution >= 0.6 is 0 Å². The van der Waals surface area contributed by atoms with Crippen LogP contribution in [0.2, 0.25) is 0 Å². The van der Waals surface area contributed by atoms with Gasteiger partial charge in [0.1, 0.15) is 5.75 Å². The van der Waals surface area contributed by atoms with Crippen molar-refractivity contribution in [2.45, 2.75) is 12.8 Å². The summed E-state index contributed by atoms with van der Waals surface area (Å²) in [6, 6.07) is 7.47. The third kappa shape index (κ3) is 3.95. The number of hydrogen-bond donors (Lipinski definition) is 2. The van der Waals surface area contributed by atoms with Gasteiger partial charge in [-0.1, -0.05) is 12.1 Å². The molecule has 0 saturated heterocycles. The van der Waals surface area contributed by atoms with Crippen molar-refractivity contribution in [2.75, 3.05) is 20.6 Å². The highest BCUT2D eigenvalue weighted by Crippen LogP contribution is 2.10. The Morgan fingerprint density at radius 2 is 1.77 bits per heavy atom. The van der Waals surface area contributed by atoms with Gasteiger partial charge in [0.25, 0.3) is 0 Å². The standard InChI is InChI=1S/C11H17NO/c1-12(2)9-3-4-10-5-7-11(13)8-6-10/h5-8,13H,3-4,9H2,1-2H3/p+1. The van der Waals surface area contributed by atoms with Gasteiger partial charge in [-0.3, -0.25) is 0 Å². The topological polar surface area (TPSA) is 24.7 Å². The lowest BCUT2D eigenvalue weighted by Crippen LogP contribution is -3.05. The van der Waals surface area contributed by atoms with E-state index in [2.05, 4.69) is 14.1 Å². The maximum absolute atomic E-state index is 9.07. The second kappa shape index (κ2) is 4.87. The largest absolute Gasteiger partial charge is 0.508 e. The van der Waals surface area contributed by atoms with Gasteiger partial charge in [-0.15, -0.1) is 0 Å². The molecule has 72 valence electrons. The molecule has 0 spiro atoms. The molecule has 0 unspecified atom stereocenters. The highest BCUT2D eigenvalue weighted by Gasteiger charge is 1.96. The van der Waals surface area contributed by atoms with E-state index in [1.165, 1.54) is 23.4 Å². The van der Waals surface area contributed by atoms with E-state index in [9.17, 15) is 0 Å². The average Bonchev–Trinajstić information content (AvgIpc) is 2.08. The summed E-state index contributed by atoms with van der Waals surface area (Å²) in [5.74, 6) is 0.349. The van der Waals surface area contributed by atoms with Crippen molar-refractivity contribution in [3.05, 3.63) is 29.8 Å². The second-order valence-corrected chi connectivity index (χ2v) is 3.73. The van der Waals surface area contributed by atoms with Gasteiger partial charge in [-0.2, -0.15) is 0 Å². The summed E-state index contributed by atoms with van der Waals surface area (Å²) in [7, 11) is 4.33. The Kier molecular flexibility index (Phi) is 3.77. The van der Waals surface area contributed by atoms with Gasteiger partial charge in [0.15, 0.2) is 0 Å². The van der Waals surface area contributed by atoms with Gasteiger partial charge in [0, 0.05) is 6.42 Å². The van der Waals surface area contributed by atoms with Crippen LogP contribution in [0.15, 0.2) is 24.3 Å². The lowest BCUT2D eigenvalue weighted by atomic mass is 10.1. The molecule has 0 aliphatic carbocycles. The van der Waals surface area contributed by atoms with E-state index < -0.39 is 0 Å². The quantitative estimate of drug-likeness (QED) is 0.691. The van der Waals surface area contributed by atoms with E-state index in [0.717, 1.165) is 6.42 Å². The van der Waals surface area contributed by atoms with Crippen LogP contribution < -0.4 is 4.90 Å². The molecule has 0 radical (unpaired) electrons. The zero-order valence-corrected chi connectivity index (χ0v) is 8.38. The van der Waals surface area contributed by atoms with Crippen LogP contribution in [0.4, 0.5) is 0 Å². The smallest absolute Gasteiger partial charge is 0.115 e. The van der Waals surface area contributed by atoms with Crippen molar-refractivity contribution >= 4 is 0 Å². The number of benzene rings is 1. The molecule has 0 aliphatic heterocycles. The maximum atomic E-state index is 9.07. The number of hydrogen-bond acceptors (Lipinski definition) is 1. The van der Waals surface area contributed by atoms with Crippen molar-refractivity contribution in [2.24, 2.45) is 0 Å². The predicted molar refractivity (Wildman–Crippen MR) is 54.1 cm³/mol. The Morgan fingerprint density at radius 1 is 1.15 bits per heavy atom. The first-order valence-corrected chi connectivity index (χ1v) is 4.75. The summed E-state index contributed by atoms with van der Waals surface area (Å²) < 4.78 is 0. The Balaban J connectivity index is 2.33. The van der Waals surface area contributed by atoms with E-state index in [-0.39, 0.29) is 0 Å². The number of phenols is 1. The third-order valence-corrected chi connectivity index (χ3v) is 2.08. The number of rotatable bonds is 4. The van der Waals surface area contributed by atoms with Gasteiger partial charge >= 0.3 is 0 Å². The molecule has 2 N–H and O–H groups in total. The van der Waals surface area contributed by atoms with Gasteiger partial charge in [-0.25, -0.2) is 0 Å². The molecule has 1 aromatic carbocycles. The van der Waals surface area contributed by atoms with Gasteiger partial charge in [0.05, 0.1) is 20.6 Å². The normalized spacial score (nSPS) is 10.7. The fourth-order valence-corrected chi connectivity index (χ4v) is 1.31. The zero-order valence-electron chi connectivity index (χ0n) is 8.38. The minimum atomic E-state index is 0.349. The molecule has 0 saturated carbocycles. The summed E-state index contributed by atoms with van der Waals surface area (Å²) >= 11 is 0. The summed E-state index contributed by atoms with van der Waals surface area (Å²) in [5, 5.41) is 9.07. The number of aryl methyl sites for hydroxylation is 1. The Bertz CT molecular complexity index is 241. The molecular formula is C11H18NO+. The second-order valence-electron chi connectivity index (χ2n) is 3.73. The Morgan fingerprint density at radius 3 is 2.31 bits per heavy atom. The molecule has 0 bridgehead atoms. The van der Waals surface area contributed by atoms with Crippen LogP contribution in [-0.4, -0.2) is 25.7 Å². The van der Waals surface area contributed by atoms with Crippen LogP contribution in [0.3, 0.4) is 0 Å². The molecule has 13 heavy (non-hydrogen) atoms. The predicted octanol–water partition coefficient (Wildman–Crippen LogP) is 0.469. The number of quaternary nitrogens is 1. The van der Waals surface area contributed by atoms with Gasteiger partial charge < -0.3 is 10.0 Å². The third-order valence-electron chi connectivity index (χ3n) is 2.08.